The van der Waals surface area contributed by atoms with E-state index >= 15 is 0 Å². The van der Waals surface area contributed by atoms with E-state index in [9.17, 15) is 18.0 Å². The molecule has 0 aromatic heterocycles. The summed E-state index contributed by atoms with van der Waals surface area (Å²) in [5.41, 5.74) is 0. The molecule has 0 aliphatic rings. The van der Waals surface area contributed by atoms with Crippen molar-refractivity contribution in [3.8, 4) is 0 Å². The zero-order valence-corrected chi connectivity index (χ0v) is 7.64. The van der Waals surface area contributed by atoms with Crippen molar-refractivity contribution >= 4 is 5.78 Å². The van der Waals surface area contributed by atoms with E-state index in [0.29, 0.717) is 0 Å². The predicted octanol–water partition coefficient (Wildman–Crippen LogP) is -1.42. The number of Topliss-reactive ketones (excluding diaryl/α,β-unsaturated/α-hetero) is 1. The van der Waals surface area contributed by atoms with Crippen LogP contribution in [-0.4, -0.2) is 56.8 Å². The van der Waals surface area contributed by atoms with Gasteiger partial charge in [0.2, 0.25) is 0 Å². The van der Waals surface area contributed by atoms with Gasteiger partial charge in [-0.1, -0.05) is 0 Å². The lowest BCUT2D eigenvalue weighted by molar-refractivity contribution is -0.190. The molecule has 0 amide bonds. The monoisotopic (exact) mass is 232 g/mol. The van der Waals surface area contributed by atoms with Crippen molar-refractivity contribution in [3.05, 3.63) is 0 Å². The fourth-order valence-electron chi connectivity index (χ4n) is 0.795. The van der Waals surface area contributed by atoms with Gasteiger partial charge >= 0.3 is 6.18 Å². The van der Waals surface area contributed by atoms with E-state index in [0.717, 1.165) is 6.92 Å². The summed E-state index contributed by atoms with van der Waals surface area (Å²) in [6, 6.07) is 0. The van der Waals surface area contributed by atoms with E-state index < -0.39 is 36.4 Å². The molecule has 0 aromatic carbocycles. The highest BCUT2D eigenvalue weighted by atomic mass is 19.4. The van der Waals surface area contributed by atoms with Crippen LogP contribution in [0.1, 0.15) is 6.92 Å². The van der Waals surface area contributed by atoms with Crippen molar-refractivity contribution in [3.63, 3.8) is 0 Å². The fourth-order valence-corrected chi connectivity index (χ4v) is 0.795. The van der Waals surface area contributed by atoms with E-state index in [-0.39, 0.29) is 0 Å². The summed E-state index contributed by atoms with van der Waals surface area (Å²) in [6.07, 6.45) is -14.1. The molecule has 5 nitrogen and oxygen atoms in total. The number of hydrogen-bond donors (Lipinski definition) is 4. The van der Waals surface area contributed by atoms with Gasteiger partial charge in [0.15, 0.2) is 6.10 Å². The first-order chi connectivity index (χ1) is 6.59. The SMILES string of the molecule is C[C@@H](O)[C@H](O)[C@H](O)[C@@H](O)C(=O)C(F)(F)F. The van der Waals surface area contributed by atoms with E-state index in [1.165, 1.54) is 0 Å². The Labute approximate surface area is 82.8 Å². The van der Waals surface area contributed by atoms with Gasteiger partial charge in [-0.3, -0.25) is 4.79 Å². The number of rotatable bonds is 4. The Hall–Kier alpha value is -0.700. The highest BCUT2D eigenvalue weighted by Gasteiger charge is 2.47. The summed E-state index contributed by atoms with van der Waals surface area (Å²) in [5, 5.41) is 35.3. The molecule has 0 heterocycles. The molecule has 4 atom stereocenters. The van der Waals surface area contributed by atoms with Gasteiger partial charge in [-0.05, 0) is 6.92 Å². The molecular weight excluding hydrogens is 221 g/mol. The first-order valence-electron chi connectivity index (χ1n) is 3.92. The summed E-state index contributed by atoms with van der Waals surface area (Å²) >= 11 is 0. The molecule has 0 aliphatic carbocycles. The minimum atomic E-state index is -5.31. The Bertz CT molecular complexity index is 227. The van der Waals surface area contributed by atoms with Crippen molar-refractivity contribution in [1.82, 2.24) is 0 Å². The van der Waals surface area contributed by atoms with Crippen LogP contribution in [0.3, 0.4) is 0 Å². The van der Waals surface area contributed by atoms with Crippen molar-refractivity contribution in [2.75, 3.05) is 0 Å². The molecule has 0 aromatic rings. The number of aliphatic hydroxyl groups is 4. The Morgan fingerprint density at radius 1 is 1.07 bits per heavy atom. The third-order valence-corrected chi connectivity index (χ3v) is 1.72. The fraction of sp³-hybridized carbons (Fsp3) is 0.857. The lowest BCUT2D eigenvalue weighted by atomic mass is 10.0. The lowest BCUT2D eigenvalue weighted by Crippen LogP contribution is -2.50. The van der Waals surface area contributed by atoms with Crippen LogP contribution >= 0.6 is 0 Å². The Kier molecular flexibility index (Phi) is 4.65. The third kappa shape index (κ3) is 3.74. The minimum absolute atomic E-state index is 0.985. The molecule has 0 rings (SSSR count). The quantitative estimate of drug-likeness (QED) is 0.477. The maximum Gasteiger partial charge on any atom is 0.452 e. The van der Waals surface area contributed by atoms with Crippen molar-refractivity contribution in [2.45, 2.75) is 37.5 Å². The molecule has 0 spiro atoms. The second kappa shape index (κ2) is 4.88. The second-order valence-electron chi connectivity index (χ2n) is 3.03. The van der Waals surface area contributed by atoms with Crippen molar-refractivity contribution < 1.29 is 38.4 Å². The van der Waals surface area contributed by atoms with Crippen LogP contribution < -0.4 is 0 Å². The van der Waals surface area contributed by atoms with Crippen LogP contribution in [0, 0.1) is 0 Å². The van der Waals surface area contributed by atoms with Crippen LogP contribution in [0.25, 0.3) is 0 Å². The van der Waals surface area contributed by atoms with Gasteiger partial charge in [0.25, 0.3) is 5.78 Å². The van der Waals surface area contributed by atoms with Crippen LogP contribution in [0.15, 0.2) is 0 Å². The van der Waals surface area contributed by atoms with Crippen LogP contribution in [0.2, 0.25) is 0 Å². The van der Waals surface area contributed by atoms with Gasteiger partial charge in [0, 0.05) is 0 Å². The van der Waals surface area contributed by atoms with Crippen molar-refractivity contribution in [2.24, 2.45) is 0 Å². The number of alkyl halides is 3. The first-order valence-corrected chi connectivity index (χ1v) is 3.92. The Balaban J connectivity index is 4.58. The number of carbonyl (C=O) groups is 1. The van der Waals surface area contributed by atoms with Crippen molar-refractivity contribution in [1.29, 1.82) is 0 Å². The minimum Gasteiger partial charge on any atom is -0.391 e. The molecule has 4 N–H and O–H groups in total. The normalized spacial score (nSPS) is 20.5. The molecule has 0 saturated heterocycles. The molecule has 8 heteroatoms. The molecule has 0 saturated carbocycles. The smallest absolute Gasteiger partial charge is 0.391 e. The molecule has 0 aliphatic heterocycles. The predicted molar refractivity (Wildman–Crippen MR) is 40.8 cm³/mol. The number of halogens is 3. The first kappa shape index (κ1) is 14.3. The molecule has 0 fully saturated rings. The molecular formula is C7H11F3O5. The maximum atomic E-state index is 11.8. The lowest BCUT2D eigenvalue weighted by Gasteiger charge is -2.24. The molecule has 90 valence electrons. The molecule has 0 bridgehead atoms. The second-order valence-corrected chi connectivity index (χ2v) is 3.03. The largest absolute Gasteiger partial charge is 0.452 e. The van der Waals surface area contributed by atoms with E-state index in [2.05, 4.69) is 0 Å². The van der Waals surface area contributed by atoms with Gasteiger partial charge in [-0.2, -0.15) is 13.2 Å². The number of aliphatic hydroxyl groups excluding tert-OH is 4. The zero-order valence-electron chi connectivity index (χ0n) is 7.64. The third-order valence-electron chi connectivity index (χ3n) is 1.72. The molecule has 15 heavy (non-hydrogen) atoms. The van der Waals surface area contributed by atoms with Gasteiger partial charge < -0.3 is 20.4 Å². The molecule has 0 radical (unpaired) electrons. The van der Waals surface area contributed by atoms with Crippen LogP contribution in [-0.2, 0) is 4.79 Å². The molecule has 0 unspecified atom stereocenters. The van der Waals surface area contributed by atoms with Crippen LogP contribution in [0.5, 0.6) is 0 Å². The summed E-state index contributed by atoms with van der Waals surface area (Å²) in [5.74, 6) is -2.57. The number of carbonyl (C=O) groups excluding carboxylic acids is 1. The summed E-state index contributed by atoms with van der Waals surface area (Å²) in [6.45, 7) is 0.985. The topological polar surface area (TPSA) is 98.0 Å². The number of ketones is 1. The average Bonchev–Trinajstić information content (AvgIpc) is 2.11. The summed E-state index contributed by atoms with van der Waals surface area (Å²) < 4.78 is 35.3. The van der Waals surface area contributed by atoms with Crippen LogP contribution in [0.4, 0.5) is 13.2 Å². The summed E-state index contributed by atoms with van der Waals surface area (Å²) in [7, 11) is 0. The van der Waals surface area contributed by atoms with Gasteiger partial charge in [-0.15, -0.1) is 0 Å². The van der Waals surface area contributed by atoms with Gasteiger partial charge in [0.05, 0.1) is 6.10 Å². The van der Waals surface area contributed by atoms with E-state index in [1.807, 2.05) is 0 Å². The summed E-state index contributed by atoms with van der Waals surface area (Å²) in [4.78, 5) is 10.4. The highest BCUT2D eigenvalue weighted by Crippen LogP contribution is 2.20. The Morgan fingerprint density at radius 2 is 1.47 bits per heavy atom. The standard InChI is InChI=1S/C7H11F3O5/c1-2(11)3(12)4(13)5(14)6(15)7(8,9)10/h2-5,11-14H,1H3/t2-,3+,4+,5-/m1/s1. The zero-order chi connectivity index (χ0) is 12.4. The maximum absolute atomic E-state index is 11.8. The average molecular weight is 232 g/mol. The van der Waals surface area contributed by atoms with Gasteiger partial charge in [0.1, 0.15) is 12.2 Å². The van der Waals surface area contributed by atoms with Gasteiger partial charge in [-0.25, -0.2) is 0 Å². The van der Waals surface area contributed by atoms with E-state index in [1.54, 1.807) is 0 Å². The number of hydrogen-bond acceptors (Lipinski definition) is 5. The Morgan fingerprint density at radius 3 is 1.73 bits per heavy atom. The van der Waals surface area contributed by atoms with E-state index in [4.69, 9.17) is 20.4 Å². The highest BCUT2D eigenvalue weighted by molar-refractivity contribution is 5.88.